The topological polar surface area (TPSA) is 52.5 Å². The average molecular weight is 628 g/mol. The summed E-state index contributed by atoms with van der Waals surface area (Å²) in [7, 11) is -2.70. The summed E-state index contributed by atoms with van der Waals surface area (Å²) in [6, 6.07) is 66.2. The summed E-state index contributed by atoms with van der Waals surface area (Å²) in [5.74, 6) is 0. The zero-order chi connectivity index (χ0) is 32.5. The number of hydrogen-bond acceptors (Lipinski definition) is 2. The van der Waals surface area contributed by atoms with Crippen LogP contribution in [-0.4, -0.2) is 12.6 Å². The minimum Gasteiger partial charge on any atom is -0.308 e. The van der Waals surface area contributed by atoms with Crippen molar-refractivity contribution in [1.82, 2.24) is 4.57 Å². The zero-order valence-electron chi connectivity index (χ0n) is 26.1. The van der Waals surface area contributed by atoms with Crippen molar-refractivity contribution >= 4 is 50.6 Å². The Balaban J connectivity index is 1.36. The van der Waals surface area contributed by atoms with Gasteiger partial charge in [0.25, 0.3) is 0 Å². The summed E-state index contributed by atoms with van der Waals surface area (Å²) in [5, 5.41) is 28.3. The molecule has 3 nitrogen and oxygen atoms in total. The van der Waals surface area contributed by atoms with Gasteiger partial charge in [-0.15, -0.1) is 0 Å². The third kappa shape index (κ3) is 4.55. The molecule has 0 saturated heterocycles. The molecule has 1 heterocycles. The Kier molecular flexibility index (Phi) is 7.27. The van der Waals surface area contributed by atoms with E-state index >= 15 is 0 Å². The van der Waals surface area contributed by atoms with Crippen molar-refractivity contribution in [2.75, 3.05) is 0 Å². The molecule has 0 fully saturated rings. The van der Waals surface area contributed by atoms with Gasteiger partial charge < -0.3 is 4.57 Å². The van der Waals surface area contributed by atoms with E-state index in [2.05, 4.69) is 156 Å². The van der Waals surface area contributed by atoms with Crippen molar-refractivity contribution < 1.29 is 0 Å². The summed E-state index contributed by atoms with van der Waals surface area (Å²) < 4.78 is 2.13. The van der Waals surface area contributed by atoms with Gasteiger partial charge in [0.05, 0.1) is 33.9 Å². The molecule has 0 amide bonds. The molecule has 0 atom stereocenters. The highest BCUT2D eigenvalue weighted by Gasteiger charge is 2.41. The van der Waals surface area contributed by atoms with E-state index in [4.69, 9.17) is 0 Å². The van der Waals surface area contributed by atoms with Gasteiger partial charge in [0.1, 0.15) is 6.07 Å². The molecular weight excluding hydrogens is 599 g/mol. The average Bonchev–Trinajstić information content (AvgIpc) is 3.50. The number of hydrogen-bond donors (Lipinski definition) is 0. The summed E-state index contributed by atoms with van der Waals surface area (Å²) in [6.07, 6.45) is 0. The van der Waals surface area contributed by atoms with Crippen molar-refractivity contribution in [3.8, 4) is 29.0 Å². The predicted molar refractivity (Wildman–Crippen MR) is 199 cm³/mol. The Hall–Kier alpha value is -6.46. The van der Waals surface area contributed by atoms with Crippen molar-refractivity contribution in [3.05, 3.63) is 187 Å². The number of benzene rings is 7. The lowest BCUT2D eigenvalue weighted by Gasteiger charge is -2.34. The van der Waals surface area contributed by atoms with Crippen molar-refractivity contribution in [2.45, 2.75) is 0 Å². The van der Waals surface area contributed by atoms with Crippen LogP contribution in [0.3, 0.4) is 0 Å². The molecule has 4 heteroatoms. The van der Waals surface area contributed by atoms with E-state index in [1.165, 1.54) is 20.7 Å². The zero-order valence-corrected chi connectivity index (χ0v) is 27.1. The van der Waals surface area contributed by atoms with Gasteiger partial charge in [-0.3, -0.25) is 0 Å². The van der Waals surface area contributed by atoms with Crippen LogP contribution < -0.4 is 20.7 Å². The normalized spacial score (nSPS) is 11.3. The molecule has 8 rings (SSSR count). The minimum absolute atomic E-state index is 0.506. The van der Waals surface area contributed by atoms with Crippen LogP contribution in [-0.2, 0) is 0 Å². The molecule has 224 valence electrons. The first-order valence-corrected chi connectivity index (χ1v) is 18.0. The molecule has 48 heavy (non-hydrogen) atoms. The molecule has 0 bridgehead atoms. The molecular formula is C44H29N3Si. The van der Waals surface area contributed by atoms with E-state index in [9.17, 15) is 10.5 Å². The van der Waals surface area contributed by atoms with Crippen LogP contribution in [0.25, 0.3) is 38.6 Å². The molecule has 1 aromatic heterocycles. The highest BCUT2D eigenvalue weighted by atomic mass is 28.3. The van der Waals surface area contributed by atoms with E-state index in [-0.39, 0.29) is 0 Å². The Morgan fingerprint density at radius 2 is 0.875 bits per heavy atom. The molecule has 0 aliphatic rings. The van der Waals surface area contributed by atoms with Crippen LogP contribution in [0.5, 0.6) is 0 Å². The summed E-state index contributed by atoms with van der Waals surface area (Å²) >= 11 is 0. The minimum atomic E-state index is -2.70. The first-order chi connectivity index (χ1) is 23.7. The number of fused-ring (bicyclic) bond motifs is 3. The van der Waals surface area contributed by atoms with Crippen LogP contribution in [0.15, 0.2) is 176 Å². The summed E-state index contributed by atoms with van der Waals surface area (Å²) in [5.41, 5.74) is 5.37. The van der Waals surface area contributed by atoms with Crippen LogP contribution >= 0.6 is 0 Å². The predicted octanol–water partition coefficient (Wildman–Crippen LogP) is 7.57. The van der Waals surface area contributed by atoms with Gasteiger partial charge in [0.15, 0.2) is 8.07 Å². The van der Waals surface area contributed by atoms with Crippen molar-refractivity contribution in [2.24, 2.45) is 0 Å². The maximum absolute atomic E-state index is 10.8. The lowest BCUT2D eigenvalue weighted by Crippen LogP contribution is -2.74. The number of rotatable bonds is 6. The van der Waals surface area contributed by atoms with E-state index < -0.39 is 8.07 Å². The van der Waals surface area contributed by atoms with Crippen LogP contribution in [0, 0.1) is 22.7 Å². The highest BCUT2D eigenvalue weighted by Crippen LogP contribution is 2.36. The van der Waals surface area contributed by atoms with Gasteiger partial charge in [-0.05, 0) is 50.6 Å². The third-order valence-electron chi connectivity index (χ3n) is 9.43. The number of nitrogens with zero attached hydrogens (tertiary/aromatic N) is 3. The van der Waals surface area contributed by atoms with Gasteiger partial charge in [0, 0.05) is 16.3 Å². The fourth-order valence-corrected chi connectivity index (χ4v) is 12.1. The molecule has 0 spiro atoms. The third-order valence-corrected chi connectivity index (χ3v) is 14.2. The fourth-order valence-electron chi connectivity index (χ4n) is 7.36. The maximum Gasteiger partial charge on any atom is 0.179 e. The lowest BCUT2D eigenvalue weighted by atomic mass is 9.96. The van der Waals surface area contributed by atoms with Crippen LogP contribution in [0.2, 0.25) is 0 Å². The second-order valence-corrected chi connectivity index (χ2v) is 15.7. The second kappa shape index (κ2) is 12.0. The molecule has 8 aromatic rings. The quantitative estimate of drug-likeness (QED) is 0.141. The van der Waals surface area contributed by atoms with Crippen molar-refractivity contribution in [3.63, 3.8) is 0 Å². The van der Waals surface area contributed by atoms with Crippen LogP contribution in [0.4, 0.5) is 0 Å². The fraction of sp³-hybridized carbons (Fsp3) is 0. The molecule has 0 radical (unpaired) electrons. The molecule has 0 aliphatic carbocycles. The lowest BCUT2D eigenvalue weighted by molar-refractivity contribution is 1.16. The standard InChI is InChI=1S/C44H29N3Si/c45-30-32-28-40(41(31-46)44(29-32)47-42-22-12-10-20-38(42)39-21-11-13-23-43(39)47)33-24-26-37(27-25-33)48(34-14-4-1-5-15-34,35-16-6-2-7-17-35)36-18-8-3-9-19-36/h1-29H. The monoisotopic (exact) mass is 627 g/mol. The van der Waals surface area contributed by atoms with E-state index in [0.717, 1.165) is 32.9 Å². The van der Waals surface area contributed by atoms with E-state index in [1.807, 2.05) is 36.4 Å². The molecule has 0 aliphatic heterocycles. The Morgan fingerprint density at radius 1 is 0.438 bits per heavy atom. The van der Waals surface area contributed by atoms with Crippen molar-refractivity contribution in [1.29, 1.82) is 10.5 Å². The smallest absolute Gasteiger partial charge is 0.179 e. The molecule has 0 N–H and O–H groups in total. The van der Waals surface area contributed by atoms with Gasteiger partial charge in [-0.25, -0.2) is 0 Å². The highest BCUT2D eigenvalue weighted by molar-refractivity contribution is 7.19. The molecule has 0 unspecified atom stereocenters. The summed E-state index contributed by atoms with van der Waals surface area (Å²) in [6.45, 7) is 0. The van der Waals surface area contributed by atoms with E-state index in [1.54, 1.807) is 0 Å². The van der Waals surface area contributed by atoms with E-state index in [0.29, 0.717) is 16.8 Å². The first kappa shape index (κ1) is 29.0. The second-order valence-electron chi connectivity index (χ2n) is 11.9. The number of nitriles is 2. The maximum atomic E-state index is 10.8. The Morgan fingerprint density at radius 3 is 1.33 bits per heavy atom. The Bertz CT molecular complexity index is 2350. The van der Waals surface area contributed by atoms with Gasteiger partial charge in [0.2, 0.25) is 0 Å². The largest absolute Gasteiger partial charge is 0.308 e. The number of para-hydroxylation sites is 2. The van der Waals surface area contributed by atoms with Crippen LogP contribution in [0.1, 0.15) is 11.1 Å². The van der Waals surface area contributed by atoms with Gasteiger partial charge in [-0.2, -0.15) is 10.5 Å². The summed E-state index contributed by atoms with van der Waals surface area (Å²) in [4.78, 5) is 0. The molecule has 7 aromatic carbocycles. The van der Waals surface area contributed by atoms with Gasteiger partial charge in [-0.1, -0.05) is 152 Å². The first-order valence-electron chi connectivity index (χ1n) is 16.0. The Labute approximate surface area is 280 Å². The SMILES string of the molecule is N#Cc1cc(-c2ccc([Si](c3ccccc3)(c3ccccc3)c3ccccc3)cc2)c(C#N)c(-n2c3ccccc3c3ccccc32)c1. The molecule has 0 saturated carbocycles. The number of aromatic nitrogens is 1. The van der Waals surface area contributed by atoms with Gasteiger partial charge >= 0.3 is 0 Å².